The number of rotatable bonds is 8. The average Bonchev–Trinajstić information content (AvgIpc) is 3.30. The van der Waals surface area contributed by atoms with Crippen LogP contribution in [0.3, 0.4) is 0 Å². The van der Waals surface area contributed by atoms with E-state index in [0.29, 0.717) is 24.8 Å². The van der Waals surface area contributed by atoms with Gasteiger partial charge in [0.25, 0.3) is 5.91 Å². The first kappa shape index (κ1) is 14.8. The van der Waals surface area contributed by atoms with Crippen LogP contribution in [0.4, 0.5) is 5.82 Å². The van der Waals surface area contributed by atoms with Crippen molar-refractivity contribution >= 4 is 11.7 Å². The number of carbonyl (C=O) groups is 1. The fraction of sp³-hybridized carbons (Fsp3) is 0.600. The predicted molar refractivity (Wildman–Crippen MR) is 79.0 cm³/mol. The van der Waals surface area contributed by atoms with E-state index < -0.39 is 0 Å². The molecule has 0 aromatic carbocycles. The van der Waals surface area contributed by atoms with Crippen molar-refractivity contribution in [3.63, 3.8) is 0 Å². The summed E-state index contributed by atoms with van der Waals surface area (Å²) in [5.74, 6) is 0.840. The smallest absolute Gasteiger partial charge is 0.254 e. The number of carbonyl (C=O) groups excluding carboxylic acids is 1. The van der Waals surface area contributed by atoms with Gasteiger partial charge in [-0.2, -0.15) is 0 Å². The molecular weight excluding hydrogens is 254 g/mol. The Morgan fingerprint density at radius 1 is 1.55 bits per heavy atom. The summed E-state index contributed by atoms with van der Waals surface area (Å²) < 4.78 is 5.09. The Hall–Kier alpha value is -1.62. The number of nitrogens with zero attached hydrogens (tertiary/aromatic N) is 2. The lowest BCUT2D eigenvalue weighted by Crippen LogP contribution is -2.35. The SMILES string of the molecule is CCCNc1cc(C(=O)N(CCOC)C2CC2)ccn1. The summed E-state index contributed by atoms with van der Waals surface area (Å²) in [6.07, 6.45) is 4.91. The topological polar surface area (TPSA) is 54.5 Å². The van der Waals surface area contributed by atoms with E-state index >= 15 is 0 Å². The van der Waals surface area contributed by atoms with E-state index in [2.05, 4.69) is 17.2 Å². The Bertz CT molecular complexity index is 446. The number of hydrogen-bond acceptors (Lipinski definition) is 4. The maximum Gasteiger partial charge on any atom is 0.254 e. The molecule has 1 aromatic rings. The molecule has 0 radical (unpaired) electrons. The fourth-order valence-electron chi connectivity index (χ4n) is 2.10. The summed E-state index contributed by atoms with van der Waals surface area (Å²) >= 11 is 0. The quantitative estimate of drug-likeness (QED) is 0.791. The van der Waals surface area contributed by atoms with E-state index in [4.69, 9.17) is 4.74 Å². The van der Waals surface area contributed by atoms with E-state index in [1.54, 1.807) is 19.4 Å². The van der Waals surface area contributed by atoms with Crippen molar-refractivity contribution in [2.45, 2.75) is 32.2 Å². The molecule has 1 fully saturated rings. The van der Waals surface area contributed by atoms with Gasteiger partial charge in [0.1, 0.15) is 5.82 Å². The lowest BCUT2D eigenvalue weighted by atomic mass is 10.2. The maximum absolute atomic E-state index is 12.6. The van der Waals surface area contributed by atoms with Crippen LogP contribution >= 0.6 is 0 Å². The highest BCUT2D eigenvalue weighted by molar-refractivity contribution is 5.95. The molecule has 20 heavy (non-hydrogen) atoms. The molecule has 5 nitrogen and oxygen atoms in total. The van der Waals surface area contributed by atoms with Crippen molar-refractivity contribution in [2.75, 3.05) is 32.1 Å². The monoisotopic (exact) mass is 277 g/mol. The third kappa shape index (κ3) is 3.93. The van der Waals surface area contributed by atoms with E-state index in [9.17, 15) is 4.79 Å². The largest absolute Gasteiger partial charge is 0.383 e. The number of pyridine rings is 1. The lowest BCUT2D eigenvalue weighted by molar-refractivity contribution is 0.0680. The minimum Gasteiger partial charge on any atom is -0.383 e. The number of hydrogen-bond donors (Lipinski definition) is 1. The van der Waals surface area contributed by atoms with Gasteiger partial charge in [-0.3, -0.25) is 4.79 Å². The molecule has 1 aliphatic rings. The number of nitrogens with one attached hydrogen (secondary N) is 1. The summed E-state index contributed by atoms with van der Waals surface area (Å²) in [6.45, 7) is 4.19. The van der Waals surface area contributed by atoms with Crippen molar-refractivity contribution in [3.8, 4) is 0 Å². The molecule has 2 rings (SSSR count). The fourth-order valence-corrected chi connectivity index (χ4v) is 2.10. The third-order valence-corrected chi connectivity index (χ3v) is 3.35. The highest BCUT2D eigenvalue weighted by atomic mass is 16.5. The Morgan fingerprint density at radius 2 is 2.35 bits per heavy atom. The molecule has 0 bridgehead atoms. The van der Waals surface area contributed by atoms with Crippen molar-refractivity contribution < 1.29 is 9.53 Å². The van der Waals surface area contributed by atoms with Gasteiger partial charge in [-0.05, 0) is 31.4 Å². The van der Waals surface area contributed by atoms with Gasteiger partial charge in [0.2, 0.25) is 0 Å². The molecular formula is C15H23N3O2. The third-order valence-electron chi connectivity index (χ3n) is 3.35. The summed E-state index contributed by atoms with van der Waals surface area (Å²) in [5.41, 5.74) is 0.696. The Kier molecular flexibility index (Phi) is 5.35. The standard InChI is InChI=1S/C15H23N3O2/c1-3-7-16-14-11-12(6-8-17-14)15(19)18(9-10-20-2)13-4-5-13/h6,8,11,13H,3-5,7,9-10H2,1-2H3,(H,16,17). The van der Waals surface area contributed by atoms with Gasteiger partial charge in [-0.15, -0.1) is 0 Å². The zero-order chi connectivity index (χ0) is 14.4. The summed E-state index contributed by atoms with van der Waals surface area (Å²) in [6, 6.07) is 4.00. The molecule has 1 N–H and O–H groups in total. The molecule has 1 saturated carbocycles. The molecule has 0 spiro atoms. The number of aromatic nitrogens is 1. The van der Waals surface area contributed by atoms with Crippen LogP contribution in [-0.4, -0.2) is 48.6 Å². The van der Waals surface area contributed by atoms with E-state index in [1.165, 1.54) is 0 Å². The molecule has 0 unspecified atom stereocenters. The van der Waals surface area contributed by atoms with Gasteiger partial charge in [0, 0.05) is 38.0 Å². The average molecular weight is 277 g/mol. The molecule has 0 atom stereocenters. The second-order valence-corrected chi connectivity index (χ2v) is 5.08. The highest BCUT2D eigenvalue weighted by Gasteiger charge is 2.32. The number of anilines is 1. The number of ether oxygens (including phenoxy) is 1. The van der Waals surface area contributed by atoms with Gasteiger partial charge in [0.15, 0.2) is 0 Å². The highest BCUT2D eigenvalue weighted by Crippen LogP contribution is 2.28. The summed E-state index contributed by atoms with van der Waals surface area (Å²) in [5, 5.41) is 3.21. The molecule has 110 valence electrons. The van der Waals surface area contributed by atoms with Gasteiger partial charge in [-0.25, -0.2) is 4.98 Å². The normalized spacial score (nSPS) is 14.1. The van der Waals surface area contributed by atoms with Crippen LogP contribution in [-0.2, 0) is 4.74 Å². The number of methoxy groups -OCH3 is 1. The lowest BCUT2D eigenvalue weighted by Gasteiger charge is -2.22. The van der Waals surface area contributed by atoms with Gasteiger partial charge >= 0.3 is 0 Å². The zero-order valence-electron chi connectivity index (χ0n) is 12.3. The summed E-state index contributed by atoms with van der Waals surface area (Å²) in [4.78, 5) is 18.7. The Labute approximate surface area is 120 Å². The first-order valence-electron chi connectivity index (χ1n) is 7.26. The van der Waals surface area contributed by atoms with E-state index in [1.807, 2.05) is 11.0 Å². The second kappa shape index (κ2) is 7.24. The van der Waals surface area contributed by atoms with Gasteiger partial charge < -0.3 is 15.0 Å². The van der Waals surface area contributed by atoms with Gasteiger partial charge in [0.05, 0.1) is 6.61 Å². The van der Waals surface area contributed by atoms with Crippen LogP contribution in [0.25, 0.3) is 0 Å². The van der Waals surface area contributed by atoms with Crippen molar-refractivity contribution in [3.05, 3.63) is 23.9 Å². The van der Waals surface area contributed by atoms with Crippen LogP contribution in [0, 0.1) is 0 Å². The van der Waals surface area contributed by atoms with Crippen LogP contribution in [0.2, 0.25) is 0 Å². The number of amides is 1. The second-order valence-electron chi connectivity index (χ2n) is 5.08. The predicted octanol–water partition coefficient (Wildman–Crippen LogP) is 2.15. The Morgan fingerprint density at radius 3 is 3.00 bits per heavy atom. The van der Waals surface area contributed by atoms with Crippen molar-refractivity contribution in [2.24, 2.45) is 0 Å². The first-order chi connectivity index (χ1) is 9.76. The molecule has 1 aromatic heterocycles. The molecule has 5 heteroatoms. The molecule has 1 heterocycles. The van der Waals surface area contributed by atoms with Crippen molar-refractivity contribution in [1.82, 2.24) is 9.88 Å². The Balaban J connectivity index is 2.05. The van der Waals surface area contributed by atoms with E-state index in [0.717, 1.165) is 31.6 Å². The maximum atomic E-state index is 12.6. The molecule has 0 saturated heterocycles. The van der Waals surface area contributed by atoms with Gasteiger partial charge in [-0.1, -0.05) is 6.92 Å². The van der Waals surface area contributed by atoms with Crippen LogP contribution < -0.4 is 5.32 Å². The van der Waals surface area contributed by atoms with Crippen LogP contribution in [0.5, 0.6) is 0 Å². The van der Waals surface area contributed by atoms with Crippen molar-refractivity contribution in [1.29, 1.82) is 0 Å². The zero-order valence-corrected chi connectivity index (χ0v) is 12.3. The molecule has 1 amide bonds. The van der Waals surface area contributed by atoms with Crippen LogP contribution in [0.15, 0.2) is 18.3 Å². The molecule has 1 aliphatic carbocycles. The summed E-state index contributed by atoms with van der Waals surface area (Å²) in [7, 11) is 1.66. The first-order valence-corrected chi connectivity index (χ1v) is 7.26. The minimum atomic E-state index is 0.0755. The van der Waals surface area contributed by atoms with Crippen LogP contribution in [0.1, 0.15) is 36.5 Å². The molecule has 0 aliphatic heterocycles. The minimum absolute atomic E-state index is 0.0755. The van der Waals surface area contributed by atoms with E-state index in [-0.39, 0.29) is 5.91 Å².